The molecular weight excluding hydrogens is 314 g/mol. The molecule has 1 aromatic heterocycles. The molecule has 0 aromatic carbocycles. The third-order valence-corrected chi connectivity index (χ3v) is 4.94. The van der Waals surface area contributed by atoms with E-state index in [-0.39, 0.29) is 0 Å². The minimum absolute atomic E-state index is 0.368. The van der Waals surface area contributed by atoms with Crippen LogP contribution in [-0.2, 0) is 19.5 Å². The lowest BCUT2D eigenvalue weighted by Crippen LogP contribution is -2.34. The van der Waals surface area contributed by atoms with Gasteiger partial charge in [-0.3, -0.25) is 9.58 Å². The molecule has 2 rings (SSSR count). The summed E-state index contributed by atoms with van der Waals surface area (Å²) < 4.78 is 3.32. The molecule has 1 aliphatic heterocycles. The van der Waals surface area contributed by atoms with Crippen LogP contribution < -0.4 is 0 Å². The van der Waals surface area contributed by atoms with E-state index in [2.05, 4.69) is 44.5 Å². The maximum Gasteiger partial charge on any atom is 0.0767 e. The van der Waals surface area contributed by atoms with Gasteiger partial charge in [0.05, 0.1) is 15.9 Å². The lowest BCUT2D eigenvalue weighted by Gasteiger charge is -2.29. The zero-order valence-electron chi connectivity index (χ0n) is 11.1. The van der Waals surface area contributed by atoms with E-state index >= 15 is 0 Å². The molecule has 0 unspecified atom stereocenters. The van der Waals surface area contributed by atoms with Gasteiger partial charge in [0.25, 0.3) is 0 Å². The minimum atomic E-state index is 0.368. The number of hydrogen-bond acceptors (Lipinski definition) is 2. The molecule has 1 fully saturated rings. The average molecular weight is 335 g/mol. The fraction of sp³-hybridized carbons (Fsp3) is 0.769. The van der Waals surface area contributed by atoms with Gasteiger partial charge in [0.1, 0.15) is 0 Å². The van der Waals surface area contributed by atoms with Crippen molar-refractivity contribution in [1.29, 1.82) is 0 Å². The van der Waals surface area contributed by atoms with Crippen LogP contribution in [0.2, 0.25) is 0 Å². The molecule has 0 aliphatic carbocycles. The van der Waals surface area contributed by atoms with Gasteiger partial charge in [0.15, 0.2) is 0 Å². The third kappa shape index (κ3) is 3.09. The van der Waals surface area contributed by atoms with Crippen LogP contribution in [0.3, 0.4) is 0 Å². The molecule has 2 heterocycles. The summed E-state index contributed by atoms with van der Waals surface area (Å²) in [5.41, 5.74) is 2.47. The summed E-state index contributed by atoms with van der Waals surface area (Å²) in [5.74, 6) is 0. The Morgan fingerprint density at radius 2 is 2.00 bits per heavy atom. The zero-order valence-corrected chi connectivity index (χ0v) is 13.5. The molecule has 5 heteroatoms. The zero-order chi connectivity index (χ0) is 13.1. The van der Waals surface area contributed by atoms with Crippen LogP contribution >= 0.6 is 27.5 Å². The van der Waals surface area contributed by atoms with Crippen LogP contribution in [0.15, 0.2) is 4.47 Å². The van der Waals surface area contributed by atoms with Crippen molar-refractivity contribution >= 4 is 27.5 Å². The highest BCUT2D eigenvalue weighted by molar-refractivity contribution is 9.10. The van der Waals surface area contributed by atoms with Crippen LogP contribution in [0.1, 0.15) is 38.1 Å². The maximum absolute atomic E-state index is 6.15. The number of piperidine rings is 1. The van der Waals surface area contributed by atoms with Crippen LogP contribution in [0.25, 0.3) is 0 Å². The summed E-state index contributed by atoms with van der Waals surface area (Å²) in [6.07, 6.45) is 3.17. The highest BCUT2D eigenvalue weighted by Crippen LogP contribution is 2.25. The van der Waals surface area contributed by atoms with Crippen molar-refractivity contribution in [2.45, 2.75) is 51.6 Å². The number of hydrogen-bond donors (Lipinski definition) is 0. The first-order valence-corrected chi connectivity index (χ1v) is 7.99. The number of likely N-dealkylation sites (tertiary alicyclic amines) is 1. The lowest BCUT2D eigenvalue weighted by atomic mass is 10.1. The highest BCUT2D eigenvalue weighted by atomic mass is 79.9. The summed E-state index contributed by atoms with van der Waals surface area (Å²) in [7, 11) is 0. The third-order valence-electron chi connectivity index (χ3n) is 3.58. The van der Waals surface area contributed by atoms with Crippen molar-refractivity contribution in [2.75, 3.05) is 13.1 Å². The van der Waals surface area contributed by atoms with Gasteiger partial charge < -0.3 is 0 Å². The Morgan fingerprint density at radius 1 is 1.33 bits per heavy atom. The lowest BCUT2D eigenvalue weighted by molar-refractivity contribution is 0.217. The Balaban J connectivity index is 2.10. The summed E-state index contributed by atoms with van der Waals surface area (Å²) in [6.45, 7) is 8.39. The first-order valence-electron chi connectivity index (χ1n) is 6.76. The highest BCUT2D eigenvalue weighted by Gasteiger charge is 2.21. The quantitative estimate of drug-likeness (QED) is 0.787. The van der Waals surface area contributed by atoms with Crippen molar-refractivity contribution in [3.8, 4) is 0 Å². The predicted molar refractivity (Wildman–Crippen MR) is 79.1 cm³/mol. The van der Waals surface area contributed by atoms with Crippen LogP contribution in [0.5, 0.6) is 0 Å². The van der Waals surface area contributed by atoms with E-state index in [4.69, 9.17) is 11.6 Å². The van der Waals surface area contributed by atoms with Gasteiger partial charge in [0.2, 0.25) is 0 Å². The van der Waals surface area contributed by atoms with Crippen LogP contribution in [0, 0.1) is 0 Å². The molecule has 0 bridgehead atoms. The summed E-state index contributed by atoms with van der Waals surface area (Å²) in [6, 6.07) is 0. The number of aromatic nitrogens is 2. The van der Waals surface area contributed by atoms with Gasteiger partial charge in [-0.25, -0.2) is 0 Å². The van der Waals surface area contributed by atoms with Gasteiger partial charge >= 0.3 is 0 Å². The monoisotopic (exact) mass is 333 g/mol. The largest absolute Gasteiger partial charge is 0.297 e. The van der Waals surface area contributed by atoms with E-state index in [1.165, 1.54) is 15.9 Å². The predicted octanol–water partition coefficient (Wildman–Crippen LogP) is 3.43. The smallest absolute Gasteiger partial charge is 0.0767 e. The normalized spacial score (nSPS) is 18.4. The molecule has 0 atom stereocenters. The van der Waals surface area contributed by atoms with E-state index < -0.39 is 0 Å². The van der Waals surface area contributed by atoms with E-state index in [1.54, 1.807) is 0 Å². The molecule has 1 aliphatic rings. The fourth-order valence-electron chi connectivity index (χ4n) is 2.44. The van der Waals surface area contributed by atoms with Crippen molar-refractivity contribution in [2.24, 2.45) is 0 Å². The Labute approximate surface area is 123 Å². The number of nitrogens with zero attached hydrogens (tertiary/aromatic N) is 3. The van der Waals surface area contributed by atoms with Crippen molar-refractivity contribution in [3.63, 3.8) is 0 Å². The number of aryl methyl sites for hydroxylation is 2. The van der Waals surface area contributed by atoms with E-state index in [0.717, 1.165) is 45.4 Å². The fourth-order valence-corrected chi connectivity index (χ4v) is 3.32. The Bertz CT molecular complexity index is 397. The SMILES string of the molecule is CCc1nn(CC)c(CN2CCC(Cl)CC2)c1Br. The van der Waals surface area contributed by atoms with Crippen LogP contribution in [0.4, 0.5) is 0 Å². The first kappa shape index (κ1) is 14.4. The maximum atomic E-state index is 6.15. The second kappa shape index (κ2) is 6.40. The van der Waals surface area contributed by atoms with Gasteiger partial charge in [-0.2, -0.15) is 5.10 Å². The molecule has 3 nitrogen and oxygen atoms in total. The van der Waals surface area contributed by atoms with Gasteiger partial charge in [-0.15, -0.1) is 11.6 Å². The Kier molecular flexibility index (Phi) is 5.10. The molecule has 18 heavy (non-hydrogen) atoms. The molecule has 0 amide bonds. The summed E-state index contributed by atoms with van der Waals surface area (Å²) in [5, 5.41) is 5.01. The Hall–Kier alpha value is -0.0600. The number of alkyl halides is 1. The molecule has 0 N–H and O–H groups in total. The standard InChI is InChI=1S/C13H21BrClN3/c1-3-11-13(14)12(18(4-2)16-11)9-17-7-5-10(15)6-8-17/h10H,3-9H2,1-2H3. The van der Waals surface area contributed by atoms with Gasteiger partial charge in [0, 0.05) is 18.5 Å². The minimum Gasteiger partial charge on any atom is -0.297 e. The molecule has 0 spiro atoms. The number of rotatable bonds is 4. The van der Waals surface area contributed by atoms with Crippen molar-refractivity contribution in [1.82, 2.24) is 14.7 Å². The first-order chi connectivity index (χ1) is 8.65. The summed E-state index contributed by atoms with van der Waals surface area (Å²) in [4.78, 5) is 2.48. The molecule has 0 saturated carbocycles. The molecule has 1 saturated heterocycles. The topological polar surface area (TPSA) is 21.1 Å². The van der Waals surface area contributed by atoms with Gasteiger partial charge in [-0.05, 0) is 55.2 Å². The Morgan fingerprint density at radius 3 is 2.56 bits per heavy atom. The van der Waals surface area contributed by atoms with E-state index in [0.29, 0.717) is 5.38 Å². The van der Waals surface area contributed by atoms with Gasteiger partial charge in [-0.1, -0.05) is 6.92 Å². The molecule has 0 radical (unpaired) electrons. The summed E-state index contributed by atoms with van der Waals surface area (Å²) >= 11 is 9.85. The van der Waals surface area contributed by atoms with E-state index in [1.807, 2.05) is 0 Å². The second-order valence-electron chi connectivity index (χ2n) is 4.83. The van der Waals surface area contributed by atoms with Crippen molar-refractivity contribution in [3.05, 3.63) is 15.9 Å². The van der Waals surface area contributed by atoms with E-state index in [9.17, 15) is 0 Å². The molecule has 102 valence electrons. The van der Waals surface area contributed by atoms with Crippen LogP contribution in [-0.4, -0.2) is 33.1 Å². The second-order valence-corrected chi connectivity index (χ2v) is 6.24. The average Bonchev–Trinajstić information content (AvgIpc) is 2.69. The molecule has 1 aromatic rings. The van der Waals surface area contributed by atoms with Crippen molar-refractivity contribution < 1.29 is 0 Å². The molecular formula is C13H21BrClN3. The number of halogens is 2.